The molecule has 0 unspecified atom stereocenters. The Morgan fingerprint density at radius 2 is 1.21 bits per heavy atom. The number of carbonyl (C=O) groups excluding carboxylic acids is 1. The van der Waals surface area contributed by atoms with Gasteiger partial charge in [-0.05, 0) is 48.5 Å². The van der Waals surface area contributed by atoms with Crippen LogP contribution in [-0.4, -0.2) is 26.1 Å². The maximum atomic E-state index is 13.2. The van der Waals surface area contributed by atoms with Crippen LogP contribution in [0.3, 0.4) is 0 Å². The summed E-state index contributed by atoms with van der Waals surface area (Å²) in [7, 11) is 3.19. The molecule has 0 N–H and O–H groups in total. The fourth-order valence-electron chi connectivity index (χ4n) is 2.87. The molecule has 0 saturated carbocycles. The second-order valence-electron chi connectivity index (χ2n) is 6.19. The molecule has 1 aliphatic heterocycles. The fraction of sp³-hybridized carbons (Fsp3) is 0.0909. The van der Waals surface area contributed by atoms with Crippen molar-refractivity contribution in [3.05, 3.63) is 84.4 Å². The summed E-state index contributed by atoms with van der Waals surface area (Å²) in [5.74, 6) is 1.82. The minimum absolute atomic E-state index is 0.389. The van der Waals surface area contributed by atoms with Crippen molar-refractivity contribution in [3.63, 3.8) is 0 Å². The molecule has 7 nitrogen and oxygen atoms in total. The number of nitrogens with zero attached hydrogens (tertiary/aromatic N) is 4. The van der Waals surface area contributed by atoms with Crippen LogP contribution >= 0.6 is 0 Å². The molecule has 145 valence electrons. The average Bonchev–Trinajstić information content (AvgIpc) is 2.80. The van der Waals surface area contributed by atoms with E-state index in [0.29, 0.717) is 28.7 Å². The van der Waals surface area contributed by atoms with Crippen LogP contribution < -0.4 is 24.9 Å². The Balaban J connectivity index is 1.75. The first-order valence-corrected chi connectivity index (χ1v) is 8.97. The summed E-state index contributed by atoms with van der Waals surface area (Å²) >= 11 is 0. The van der Waals surface area contributed by atoms with Crippen molar-refractivity contribution in [2.75, 3.05) is 24.2 Å². The number of ether oxygens (including phenoxy) is 2. The van der Waals surface area contributed by atoms with E-state index in [1.807, 2.05) is 30.3 Å². The highest BCUT2D eigenvalue weighted by Crippen LogP contribution is 2.27. The monoisotopic (exact) mass is 387 g/mol. The largest absolute Gasteiger partial charge is 0.497 e. The Morgan fingerprint density at radius 3 is 1.72 bits per heavy atom. The van der Waals surface area contributed by atoms with Gasteiger partial charge in [-0.3, -0.25) is 0 Å². The van der Waals surface area contributed by atoms with Crippen LogP contribution in [0.5, 0.6) is 11.5 Å². The lowest BCUT2D eigenvalue weighted by Crippen LogP contribution is -2.52. The van der Waals surface area contributed by atoms with Crippen LogP contribution in [0.2, 0.25) is 0 Å². The summed E-state index contributed by atoms with van der Waals surface area (Å²) in [6.07, 6.45) is 0. The van der Waals surface area contributed by atoms with Gasteiger partial charge in [0.2, 0.25) is 0 Å². The summed E-state index contributed by atoms with van der Waals surface area (Å²) in [5.41, 5.74) is 6.52. The SMILES string of the molecule is COc1ccc(N2[N]C(c3ccccc3)=NN(c3ccc(OC)cc3)C2=O)cc1. The first kappa shape index (κ1) is 18.4. The Morgan fingerprint density at radius 1 is 0.690 bits per heavy atom. The number of anilines is 2. The number of rotatable bonds is 5. The Hall–Kier alpha value is -4.00. The highest BCUT2D eigenvalue weighted by molar-refractivity contribution is 6.12. The van der Waals surface area contributed by atoms with Crippen LogP contribution in [0.25, 0.3) is 0 Å². The molecular formula is C22H19N4O3. The van der Waals surface area contributed by atoms with Gasteiger partial charge in [0, 0.05) is 5.56 Å². The highest BCUT2D eigenvalue weighted by atomic mass is 16.5. The molecule has 0 aliphatic carbocycles. The Bertz CT molecular complexity index is 1020. The molecule has 0 aromatic heterocycles. The molecule has 1 aliphatic rings. The van der Waals surface area contributed by atoms with Crippen molar-refractivity contribution in [2.45, 2.75) is 0 Å². The van der Waals surface area contributed by atoms with E-state index in [2.05, 4.69) is 10.5 Å². The molecule has 1 heterocycles. The second kappa shape index (κ2) is 7.93. The van der Waals surface area contributed by atoms with Gasteiger partial charge in [-0.2, -0.15) is 10.0 Å². The van der Waals surface area contributed by atoms with Crippen molar-refractivity contribution in [1.29, 1.82) is 0 Å². The predicted molar refractivity (Wildman–Crippen MR) is 111 cm³/mol. The number of carbonyl (C=O) groups is 1. The minimum Gasteiger partial charge on any atom is -0.497 e. The summed E-state index contributed by atoms with van der Waals surface area (Å²) in [6, 6.07) is 23.4. The fourth-order valence-corrected chi connectivity index (χ4v) is 2.87. The van der Waals surface area contributed by atoms with Gasteiger partial charge in [0.1, 0.15) is 11.5 Å². The lowest BCUT2D eigenvalue weighted by molar-refractivity contribution is 0.249. The molecule has 2 amide bonds. The van der Waals surface area contributed by atoms with E-state index < -0.39 is 0 Å². The molecule has 0 spiro atoms. The number of hydrogen-bond acceptors (Lipinski definition) is 4. The molecule has 3 aromatic rings. The molecule has 1 radical (unpaired) electrons. The number of methoxy groups -OCH3 is 2. The molecule has 0 atom stereocenters. The average molecular weight is 387 g/mol. The summed E-state index contributed by atoms with van der Waals surface area (Å²) in [5, 5.41) is 7.16. The van der Waals surface area contributed by atoms with Crippen molar-refractivity contribution in [2.24, 2.45) is 5.10 Å². The molecule has 3 aromatic carbocycles. The zero-order valence-corrected chi connectivity index (χ0v) is 16.0. The van der Waals surface area contributed by atoms with E-state index in [0.717, 1.165) is 5.56 Å². The molecule has 7 heteroatoms. The third-order valence-electron chi connectivity index (χ3n) is 4.42. The third kappa shape index (κ3) is 3.70. The third-order valence-corrected chi connectivity index (χ3v) is 4.42. The topological polar surface area (TPSA) is 68.5 Å². The van der Waals surface area contributed by atoms with E-state index in [-0.39, 0.29) is 6.03 Å². The lowest BCUT2D eigenvalue weighted by Gasteiger charge is -2.31. The van der Waals surface area contributed by atoms with Gasteiger partial charge in [0.25, 0.3) is 0 Å². The number of hydrazone groups is 1. The van der Waals surface area contributed by atoms with E-state index in [4.69, 9.17) is 9.47 Å². The van der Waals surface area contributed by atoms with Gasteiger partial charge >= 0.3 is 6.03 Å². The Labute approximate surface area is 168 Å². The smallest absolute Gasteiger partial charge is 0.370 e. The van der Waals surface area contributed by atoms with Crippen LogP contribution in [-0.2, 0) is 0 Å². The van der Waals surface area contributed by atoms with Gasteiger partial charge in [0.05, 0.1) is 25.6 Å². The first-order valence-electron chi connectivity index (χ1n) is 8.97. The van der Waals surface area contributed by atoms with E-state index in [1.54, 1.807) is 62.8 Å². The zero-order valence-electron chi connectivity index (χ0n) is 16.0. The van der Waals surface area contributed by atoms with E-state index >= 15 is 0 Å². The molecule has 4 rings (SSSR count). The maximum Gasteiger partial charge on any atom is 0.370 e. The molecule has 0 bridgehead atoms. The normalized spacial score (nSPS) is 13.6. The zero-order chi connectivity index (χ0) is 20.2. The van der Waals surface area contributed by atoms with Crippen molar-refractivity contribution < 1.29 is 14.3 Å². The van der Waals surface area contributed by atoms with Crippen LogP contribution in [0.1, 0.15) is 5.56 Å². The predicted octanol–water partition coefficient (Wildman–Crippen LogP) is 4.03. The number of urea groups is 1. The summed E-state index contributed by atoms with van der Waals surface area (Å²) in [6.45, 7) is 0. The number of hydrogen-bond donors (Lipinski definition) is 0. The summed E-state index contributed by atoms with van der Waals surface area (Å²) < 4.78 is 10.4. The molecular weight excluding hydrogens is 368 g/mol. The van der Waals surface area contributed by atoms with Crippen molar-refractivity contribution >= 4 is 23.2 Å². The number of amides is 2. The standard InChI is InChI=1S/C22H19N4O3/c1-28-19-12-8-17(9-13-19)25-22(27)26(18-10-14-20(29-2)15-11-18)24-21(23-25)16-6-4-3-5-7-16/h3-15H,1-2H3. The number of amidine groups is 1. The van der Waals surface area contributed by atoms with Gasteiger partial charge in [-0.1, -0.05) is 30.3 Å². The highest BCUT2D eigenvalue weighted by Gasteiger charge is 2.32. The quantitative estimate of drug-likeness (QED) is 0.664. The van der Waals surface area contributed by atoms with Gasteiger partial charge in [-0.15, -0.1) is 10.5 Å². The maximum absolute atomic E-state index is 13.2. The van der Waals surface area contributed by atoms with Crippen LogP contribution in [0, 0.1) is 0 Å². The molecule has 0 fully saturated rings. The van der Waals surface area contributed by atoms with Gasteiger partial charge < -0.3 is 9.47 Å². The molecule has 0 saturated heterocycles. The van der Waals surface area contributed by atoms with Gasteiger partial charge in [-0.25, -0.2) is 4.79 Å². The van der Waals surface area contributed by atoms with Crippen molar-refractivity contribution in [3.8, 4) is 11.5 Å². The van der Waals surface area contributed by atoms with E-state index in [1.165, 1.54) is 10.0 Å². The molecule has 29 heavy (non-hydrogen) atoms. The van der Waals surface area contributed by atoms with Crippen LogP contribution in [0.15, 0.2) is 84.0 Å². The minimum atomic E-state index is -0.389. The van der Waals surface area contributed by atoms with E-state index in [9.17, 15) is 4.79 Å². The van der Waals surface area contributed by atoms with Gasteiger partial charge in [0.15, 0.2) is 5.84 Å². The lowest BCUT2D eigenvalue weighted by atomic mass is 10.2. The Kier molecular flexibility index (Phi) is 5.03. The second-order valence-corrected chi connectivity index (χ2v) is 6.19. The van der Waals surface area contributed by atoms with Crippen LogP contribution in [0.4, 0.5) is 16.2 Å². The first-order chi connectivity index (χ1) is 14.2. The number of benzene rings is 3. The van der Waals surface area contributed by atoms with Crippen molar-refractivity contribution in [1.82, 2.24) is 5.43 Å². The summed E-state index contributed by atoms with van der Waals surface area (Å²) in [4.78, 5) is 13.2.